The molecule has 0 radical (unpaired) electrons. The van der Waals surface area contributed by atoms with Crippen LogP contribution < -0.4 is 10.6 Å². The number of nitrogens with zero attached hydrogens (tertiary/aromatic N) is 2. The van der Waals surface area contributed by atoms with Gasteiger partial charge in [0.05, 0.1) is 6.04 Å². The maximum atomic E-state index is 12.0. The summed E-state index contributed by atoms with van der Waals surface area (Å²) in [7, 11) is 1.82. The van der Waals surface area contributed by atoms with Gasteiger partial charge < -0.3 is 15.5 Å². The molecular formula is C17H27N3O. The van der Waals surface area contributed by atoms with Crippen molar-refractivity contribution in [2.24, 2.45) is 5.73 Å². The molecule has 1 heterocycles. The molecule has 1 fully saturated rings. The van der Waals surface area contributed by atoms with Gasteiger partial charge in [-0.1, -0.05) is 19.1 Å². The third kappa shape index (κ3) is 4.21. The van der Waals surface area contributed by atoms with E-state index in [1.54, 1.807) is 4.90 Å². The molecule has 4 heteroatoms. The van der Waals surface area contributed by atoms with Crippen molar-refractivity contribution in [1.82, 2.24) is 4.90 Å². The molecule has 0 bridgehead atoms. The topological polar surface area (TPSA) is 49.6 Å². The van der Waals surface area contributed by atoms with Gasteiger partial charge in [0.1, 0.15) is 0 Å². The number of likely N-dealkylation sites (N-methyl/N-ethyl adjacent to an activating group) is 1. The van der Waals surface area contributed by atoms with Crippen LogP contribution in [0.3, 0.4) is 0 Å². The Balaban J connectivity index is 1.94. The van der Waals surface area contributed by atoms with E-state index < -0.39 is 0 Å². The highest BCUT2D eigenvalue weighted by atomic mass is 16.2. The maximum Gasteiger partial charge on any atom is 0.239 e. The molecule has 1 aliphatic heterocycles. The zero-order valence-corrected chi connectivity index (χ0v) is 13.2. The number of nitrogens with two attached hydrogens (primary N) is 1. The SMILES string of the molecule is CC[C@H](N)C(=O)N(C)Cc1ccc(N2CCCCC2)cc1. The van der Waals surface area contributed by atoms with Crippen LogP contribution in [-0.2, 0) is 11.3 Å². The number of rotatable bonds is 5. The molecule has 1 aliphatic rings. The normalized spacial score (nSPS) is 16.6. The average molecular weight is 289 g/mol. The van der Waals surface area contributed by atoms with Crippen molar-refractivity contribution in [3.8, 4) is 0 Å². The lowest BCUT2D eigenvalue weighted by atomic mass is 10.1. The summed E-state index contributed by atoms with van der Waals surface area (Å²) >= 11 is 0. The van der Waals surface area contributed by atoms with Crippen molar-refractivity contribution in [3.05, 3.63) is 29.8 Å². The summed E-state index contributed by atoms with van der Waals surface area (Å²) < 4.78 is 0. The lowest BCUT2D eigenvalue weighted by Gasteiger charge is -2.29. The Morgan fingerprint density at radius 1 is 1.24 bits per heavy atom. The molecular weight excluding hydrogens is 262 g/mol. The Hall–Kier alpha value is -1.55. The number of carbonyl (C=O) groups excluding carboxylic acids is 1. The van der Waals surface area contributed by atoms with E-state index in [-0.39, 0.29) is 11.9 Å². The van der Waals surface area contributed by atoms with Crippen molar-refractivity contribution in [1.29, 1.82) is 0 Å². The number of anilines is 1. The van der Waals surface area contributed by atoms with Gasteiger partial charge in [-0.15, -0.1) is 0 Å². The van der Waals surface area contributed by atoms with Crippen LogP contribution in [0, 0.1) is 0 Å². The third-order valence-electron chi connectivity index (χ3n) is 4.21. The van der Waals surface area contributed by atoms with Gasteiger partial charge in [0.15, 0.2) is 0 Å². The second kappa shape index (κ2) is 7.46. The summed E-state index contributed by atoms with van der Waals surface area (Å²) in [5.41, 5.74) is 8.23. The number of hydrogen-bond acceptors (Lipinski definition) is 3. The first-order valence-electron chi connectivity index (χ1n) is 7.96. The van der Waals surface area contributed by atoms with Crippen LogP contribution in [0.1, 0.15) is 38.2 Å². The molecule has 116 valence electrons. The molecule has 1 amide bonds. The molecule has 1 aromatic rings. The molecule has 1 aromatic carbocycles. The molecule has 2 rings (SSSR count). The lowest BCUT2D eigenvalue weighted by Crippen LogP contribution is -2.40. The van der Waals surface area contributed by atoms with Crippen LogP contribution in [0.15, 0.2) is 24.3 Å². The van der Waals surface area contributed by atoms with Crippen molar-refractivity contribution in [3.63, 3.8) is 0 Å². The van der Waals surface area contributed by atoms with Gasteiger partial charge in [-0.3, -0.25) is 4.79 Å². The van der Waals surface area contributed by atoms with Crippen LogP contribution in [0.4, 0.5) is 5.69 Å². The van der Waals surface area contributed by atoms with Crippen molar-refractivity contribution >= 4 is 11.6 Å². The largest absolute Gasteiger partial charge is 0.372 e. The summed E-state index contributed by atoms with van der Waals surface area (Å²) in [4.78, 5) is 16.1. The Bertz CT molecular complexity index is 452. The van der Waals surface area contributed by atoms with E-state index in [0.29, 0.717) is 13.0 Å². The van der Waals surface area contributed by atoms with Gasteiger partial charge in [-0.25, -0.2) is 0 Å². The molecule has 2 N–H and O–H groups in total. The van der Waals surface area contributed by atoms with Gasteiger partial charge in [0.25, 0.3) is 0 Å². The number of benzene rings is 1. The Morgan fingerprint density at radius 3 is 2.43 bits per heavy atom. The maximum absolute atomic E-state index is 12.0. The second-order valence-electron chi connectivity index (χ2n) is 5.92. The monoisotopic (exact) mass is 289 g/mol. The predicted octanol–water partition coefficient (Wildman–Crippen LogP) is 2.37. The molecule has 21 heavy (non-hydrogen) atoms. The molecule has 0 unspecified atom stereocenters. The van der Waals surface area contributed by atoms with Crippen molar-refractivity contribution in [2.45, 2.75) is 45.2 Å². The average Bonchev–Trinajstić information content (AvgIpc) is 2.54. The molecule has 0 aliphatic carbocycles. The smallest absolute Gasteiger partial charge is 0.239 e. The Labute approximate surface area is 127 Å². The fourth-order valence-electron chi connectivity index (χ4n) is 2.77. The number of hydrogen-bond donors (Lipinski definition) is 1. The van der Waals surface area contributed by atoms with Gasteiger partial charge in [-0.2, -0.15) is 0 Å². The highest BCUT2D eigenvalue weighted by molar-refractivity contribution is 5.81. The number of piperidine rings is 1. The first-order valence-corrected chi connectivity index (χ1v) is 7.96. The van der Waals surface area contributed by atoms with Crippen LogP contribution >= 0.6 is 0 Å². The molecule has 1 atom stereocenters. The Kier molecular flexibility index (Phi) is 5.62. The van der Waals surface area contributed by atoms with Crippen LogP contribution in [0.2, 0.25) is 0 Å². The molecule has 0 aromatic heterocycles. The van der Waals surface area contributed by atoms with Gasteiger partial charge in [0.2, 0.25) is 5.91 Å². The van der Waals surface area contributed by atoms with E-state index in [0.717, 1.165) is 18.7 Å². The summed E-state index contributed by atoms with van der Waals surface area (Å²) in [5.74, 6) is 0.0117. The third-order valence-corrected chi connectivity index (χ3v) is 4.21. The van der Waals surface area contributed by atoms with E-state index in [4.69, 9.17) is 5.73 Å². The van der Waals surface area contributed by atoms with Gasteiger partial charge in [-0.05, 0) is 43.4 Å². The van der Waals surface area contributed by atoms with E-state index in [2.05, 4.69) is 29.2 Å². The Morgan fingerprint density at radius 2 is 1.86 bits per heavy atom. The van der Waals surface area contributed by atoms with Crippen molar-refractivity contribution in [2.75, 3.05) is 25.0 Å². The number of carbonyl (C=O) groups is 1. The quantitative estimate of drug-likeness (QED) is 0.905. The van der Waals surface area contributed by atoms with Gasteiger partial charge >= 0.3 is 0 Å². The molecule has 0 spiro atoms. The summed E-state index contributed by atoms with van der Waals surface area (Å²) in [6.07, 6.45) is 4.60. The zero-order chi connectivity index (χ0) is 15.2. The summed E-state index contributed by atoms with van der Waals surface area (Å²) in [6.45, 7) is 4.86. The predicted molar refractivity (Wildman–Crippen MR) is 87.2 cm³/mol. The minimum Gasteiger partial charge on any atom is -0.372 e. The van der Waals surface area contributed by atoms with Crippen LogP contribution in [0.5, 0.6) is 0 Å². The zero-order valence-electron chi connectivity index (χ0n) is 13.2. The van der Waals surface area contributed by atoms with E-state index in [9.17, 15) is 4.79 Å². The van der Waals surface area contributed by atoms with Crippen molar-refractivity contribution < 1.29 is 4.79 Å². The lowest BCUT2D eigenvalue weighted by molar-refractivity contribution is -0.131. The second-order valence-corrected chi connectivity index (χ2v) is 5.92. The van der Waals surface area contributed by atoms with E-state index in [1.165, 1.54) is 24.9 Å². The highest BCUT2D eigenvalue weighted by Crippen LogP contribution is 2.20. The first kappa shape index (κ1) is 15.8. The molecule has 1 saturated heterocycles. The number of amides is 1. The minimum atomic E-state index is -0.386. The van der Waals surface area contributed by atoms with Gasteiger partial charge in [0, 0.05) is 32.4 Å². The first-order chi connectivity index (χ1) is 10.1. The fourth-order valence-corrected chi connectivity index (χ4v) is 2.77. The minimum absolute atomic E-state index is 0.0117. The highest BCUT2D eigenvalue weighted by Gasteiger charge is 2.16. The fraction of sp³-hybridized carbons (Fsp3) is 0.588. The molecule has 4 nitrogen and oxygen atoms in total. The molecule has 0 saturated carbocycles. The standard InChI is InChI=1S/C17H27N3O/c1-3-16(18)17(21)19(2)13-14-7-9-15(10-8-14)20-11-5-4-6-12-20/h7-10,16H,3-6,11-13,18H2,1-2H3/t16-/m0/s1. The summed E-state index contributed by atoms with van der Waals surface area (Å²) in [6, 6.07) is 8.18. The van der Waals surface area contributed by atoms with E-state index >= 15 is 0 Å². The van der Waals surface area contributed by atoms with E-state index in [1.807, 2.05) is 14.0 Å². The van der Waals surface area contributed by atoms with Crippen LogP contribution in [0.25, 0.3) is 0 Å². The summed E-state index contributed by atoms with van der Waals surface area (Å²) in [5, 5.41) is 0. The van der Waals surface area contributed by atoms with Crippen LogP contribution in [-0.4, -0.2) is 37.0 Å².